The zero-order valence-corrected chi connectivity index (χ0v) is 13.1. The molecule has 4 atom stereocenters. The molecular weight excluding hydrogens is 321 g/mol. The number of amides is 2. The van der Waals surface area contributed by atoms with Crippen LogP contribution in [0.2, 0.25) is 10.0 Å². The lowest BCUT2D eigenvalue weighted by Crippen LogP contribution is -2.34. The summed E-state index contributed by atoms with van der Waals surface area (Å²) in [6.45, 7) is 0. The molecule has 0 unspecified atom stereocenters. The number of hydrogen-bond acceptors (Lipinski definition) is 2. The maximum Gasteiger partial charge on any atom is 0.238 e. The first kappa shape index (κ1) is 13.1. The number of carbonyl (C=O) groups excluding carboxylic acids is 2. The molecule has 1 heterocycles. The standard InChI is InChI=1S/C17H13Cl2NO2/c18-8-1-4-12(11(19)7-8)20-15(21)13-9-2-3-10(14(13)16(20)22)17(9)5-6-17/h1-4,7,9-10,13-14H,5-6H2/t9-,10+,13-,14+. The lowest BCUT2D eigenvalue weighted by atomic mass is 9.85. The van der Waals surface area contributed by atoms with E-state index in [9.17, 15) is 9.59 Å². The zero-order chi connectivity index (χ0) is 15.2. The maximum absolute atomic E-state index is 12.9. The normalized spacial score (nSPS) is 36.5. The van der Waals surface area contributed by atoms with Crippen LogP contribution in [-0.2, 0) is 9.59 Å². The highest BCUT2D eigenvalue weighted by molar-refractivity contribution is 6.38. The fourth-order valence-corrected chi connectivity index (χ4v) is 5.47. The number of imide groups is 1. The summed E-state index contributed by atoms with van der Waals surface area (Å²) in [5, 5.41) is 0.835. The van der Waals surface area contributed by atoms with E-state index < -0.39 is 0 Å². The van der Waals surface area contributed by atoms with Gasteiger partial charge in [0.05, 0.1) is 22.5 Å². The summed E-state index contributed by atoms with van der Waals surface area (Å²) in [6, 6.07) is 4.89. The van der Waals surface area contributed by atoms with Crippen molar-refractivity contribution < 1.29 is 9.59 Å². The topological polar surface area (TPSA) is 37.4 Å². The van der Waals surface area contributed by atoms with Crippen molar-refractivity contribution in [1.82, 2.24) is 0 Å². The number of carbonyl (C=O) groups is 2. The van der Waals surface area contributed by atoms with E-state index in [0.717, 1.165) is 12.8 Å². The Morgan fingerprint density at radius 3 is 2.09 bits per heavy atom. The summed E-state index contributed by atoms with van der Waals surface area (Å²) < 4.78 is 0. The fraction of sp³-hybridized carbons (Fsp3) is 0.412. The summed E-state index contributed by atoms with van der Waals surface area (Å²) in [5.41, 5.74) is 0.677. The Balaban J connectivity index is 1.59. The van der Waals surface area contributed by atoms with E-state index in [1.807, 2.05) is 0 Å². The third-order valence-electron chi connectivity index (χ3n) is 6.00. The first-order valence-electron chi connectivity index (χ1n) is 7.56. The highest BCUT2D eigenvalue weighted by Gasteiger charge is 2.73. The molecule has 5 heteroatoms. The van der Waals surface area contributed by atoms with Crippen molar-refractivity contribution >= 4 is 40.7 Å². The Kier molecular flexibility index (Phi) is 2.36. The predicted octanol–water partition coefficient (Wildman–Crippen LogP) is 3.70. The first-order chi connectivity index (χ1) is 10.5. The van der Waals surface area contributed by atoms with Gasteiger partial charge in [0.2, 0.25) is 11.8 Å². The minimum absolute atomic E-state index is 0.0950. The maximum atomic E-state index is 12.9. The van der Waals surface area contributed by atoms with E-state index in [-0.39, 0.29) is 40.9 Å². The van der Waals surface area contributed by atoms with E-state index in [2.05, 4.69) is 12.2 Å². The van der Waals surface area contributed by atoms with Crippen molar-refractivity contribution in [3.8, 4) is 0 Å². The van der Waals surface area contributed by atoms with Crippen LogP contribution in [-0.4, -0.2) is 11.8 Å². The quantitative estimate of drug-likeness (QED) is 0.580. The Bertz CT molecular complexity index is 734. The molecule has 3 aliphatic carbocycles. The zero-order valence-electron chi connectivity index (χ0n) is 11.6. The third-order valence-corrected chi connectivity index (χ3v) is 6.54. The van der Waals surface area contributed by atoms with E-state index in [4.69, 9.17) is 23.2 Å². The predicted molar refractivity (Wildman–Crippen MR) is 83.7 cm³/mol. The summed E-state index contributed by atoms with van der Waals surface area (Å²) in [5.74, 6) is -0.122. The molecule has 0 aromatic heterocycles. The van der Waals surface area contributed by atoms with Gasteiger partial charge in [0, 0.05) is 5.02 Å². The van der Waals surface area contributed by atoms with Gasteiger partial charge in [0.15, 0.2) is 0 Å². The van der Waals surface area contributed by atoms with Crippen LogP contribution in [0.5, 0.6) is 0 Å². The van der Waals surface area contributed by atoms with Crippen molar-refractivity contribution in [3.63, 3.8) is 0 Å². The number of fused-ring (bicyclic) bond motifs is 3. The van der Waals surface area contributed by atoms with Crippen LogP contribution in [0.4, 0.5) is 5.69 Å². The molecule has 2 saturated carbocycles. The SMILES string of the molecule is O=C1[C@@H]2[C@H](C(=O)N1c1ccc(Cl)cc1Cl)[C@H]1C=C[C@@H]2C12CC2. The molecule has 1 saturated heterocycles. The monoisotopic (exact) mass is 333 g/mol. The fourth-order valence-electron chi connectivity index (χ4n) is 4.98. The molecule has 22 heavy (non-hydrogen) atoms. The van der Waals surface area contributed by atoms with Crippen LogP contribution in [0, 0.1) is 29.1 Å². The Morgan fingerprint density at radius 2 is 1.59 bits per heavy atom. The summed E-state index contributed by atoms with van der Waals surface area (Å²) in [7, 11) is 0. The number of halogens is 2. The smallest absolute Gasteiger partial charge is 0.238 e. The number of allylic oxidation sites excluding steroid dienone is 2. The average Bonchev–Trinajstić information content (AvgIpc) is 3.07. The van der Waals surface area contributed by atoms with Gasteiger partial charge in [-0.2, -0.15) is 0 Å². The van der Waals surface area contributed by atoms with Gasteiger partial charge in [-0.3, -0.25) is 9.59 Å². The van der Waals surface area contributed by atoms with Gasteiger partial charge in [-0.1, -0.05) is 35.4 Å². The van der Waals surface area contributed by atoms with Crippen molar-refractivity contribution in [1.29, 1.82) is 0 Å². The number of rotatable bonds is 1. The Morgan fingerprint density at radius 1 is 1.00 bits per heavy atom. The molecule has 4 aliphatic rings. The van der Waals surface area contributed by atoms with Crippen LogP contribution in [0.3, 0.4) is 0 Å². The molecule has 3 nitrogen and oxygen atoms in total. The molecular formula is C17H13Cl2NO2. The van der Waals surface area contributed by atoms with Crippen LogP contribution in [0.15, 0.2) is 30.4 Å². The average molecular weight is 334 g/mol. The minimum atomic E-state index is -0.197. The second-order valence-corrected chi connectivity index (χ2v) is 7.67. The van der Waals surface area contributed by atoms with Gasteiger partial charge in [0.1, 0.15) is 0 Å². The van der Waals surface area contributed by atoms with Crippen LogP contribution >= 0.6 is 23.2 Å². The molecule has 1 aromatic carbocycles. The Hall–Kier alpha value is -1.32. The second kappa shape index (κ2) is 3.95. The van der Waals surface area contributed by atoms with E-state index in [1.54, 1.807) is 18.2 Å². The van der Waals surface area contributed by atoms with Gasteiger partial charge in [-0.25, -0.2) is 4.90 Å². The van der Waals surface area contributed by atoms with Crippen molar-refractivity contribution in [3.05, 3.63) is 40.4 Å². The molecule has 1 spiro atoms. The van der Waals surface area contributed by atoms with Crippen LogP contribution < -0.4 is 4.90 Å². The molecule has 2 bridgehead atoms. The molecule has 3 fully saturated rings. The lowest BCUT2D eigenvalue weighted by molar-refractivity contribution is -0.123. The number of benzene rings is 1. The Labute approximate surface area is 137 Å². The van der Waals surface area contributed by atoms with Crippen LogP contribution in [0.1, 0.15) is 12.8 Å². The molecule has 5 rings (SSSR count). The van der Waals surface area contributed by atoms with Gasteiger partial charge < -0.3 is 0 Å². The summed E-state index contributed by atoms with van der Waals surface area (Å²) in [6.07, 6.45) is 6.61. The minimum Gasteiger partial charge on any atom is -0.274 e. The van der Waals surface area contributed by atoms with Gasteiger partial charge in [-0.05, 0) is 48.3 Å². The highest BCUT2D eigenvalue weighted by atomic mass is 35.5. The van der Waals surface area contributed by atoms with Crippen molar-refractivity contribution in [2.75, 3.05) is 4.90 Å². The number of hydrogen-bond donors (Lipinski definition) is 0. The third kappa shape index (κ3) is 1.35. The largest absolute Gasteiger partial charge is 0.274 e. The summed E-state index contributed by atoms with van der Waals surface area (Å²) in [4.78, 5) is 27.1. The van der Waals surface area contributed by atoms with Crippen molar-refractivity contribution in [2.45, 2.75) is 12.8 Å². The van der Waals surface area contributed by atoms with E-state index in [0.29, 0.717) is 15.7 Å². The molecule has 0 radical (unpaired) electrons. The number of nitrogens with zero attached hydrogens (tertiary/aromatic N) is 1. The van der Waals surface area contributed by atoms with Gasteiger partial charge in [-0.15, -0.1) is 0 Å². The molecule has 2 amide bonds. The van der Waals surface area contributed by atoms with Gasteiger partial charge >= 0.3 is 0 Å². The highest BCUT2D eigenvalue weighted by Crippen LogP contribution is 2.73. The van der Waals surface area contributed by atoms with Crippen LogP contribution in [0.25, 0.3) is 0 Å². The number of anilines is 1. The van der Waals surface area contributed by atoms with E-state index in [1.165, 1.54) is 4.90 Å². The summed E-state index contributed by atoms with van der Waals surface area (Å²) >= 11 is 12.1. The van der Waals surface area contributed by atoms with Gasteiger partial charge in [0.25, 0.3) is 0 Å². The lowest BCUT2D eigenvalue weighted by Gasteiger charge is -2.22. The van der Waals surface area contributed by atoms with Crippen molar-refractivity contribution in [2.24, 2.45) is 29.1 Å². The van der Waals surface area contributed by atoms with E-state index >= 15 is 0 Å². The molecule has 1 aromatic rings. The first-order valence-corrected chi connectivity index (χ1v) is 8.31. The molecule has 1 aliphatic heterocycles. The second-order valence-electron chi connectivity index (χ2n) is 6.83. The molecule has 112 valence electrons. The molecule has 0 N–H and O–H groups in total.